The molecule has 0 bridgehead atoms. The van der Waals surface area contributed by atoms with Crippen LogP contribution in [-0.4, -0.2) is 23.3 Å². The van der Waals surface area contributed by atoms with Crippen LogP contribution in [0.4, 0.5) is 0 Å². The van der Waals surface area contributed by atoms with Crippen molar-refractivity contribution in [3.8, 4) is 0 Å². The molecule has 0 amide bonds. The number of carbonyl (C=O) groups excluding carboxylic acids is 1. The Labute approximate surface area is 136 Å². The van der Waals surface area contributed by atoms with Gasteiger partial charge in [-0.2, -0.15) is 0 Å². The van der Waals surface area contributed by atoms with Crippen LogP contribution in [0.3, 0.4) is 0 Å². The Morgan fingerprint density at radius 2 is 1.45 bits per heavy atom. The van der Waals surface area contributed by atoms with E-state index in [2.05, 4.69) is 6.92 Å². The second-order valence-corrected chi connectivity index (χ2v) is 6.54. The van der Waals surface area contributed by atoms with Gasteiger partial charge in [-0.25, -0.2) is 4.79 Å². The zero-order valence-corrected chi connectivity index (χ0v) is 14.5. The van der Waals surface area contributed by atoms with Crippen LogP contribution in [-0.2, 0) is 9.53 Å². The summed E-state index contributed by atoms with van der Waals surface area (Å²) in [6.45, 7) is 3.98. The first-order valence-electron chi connectivity index (χ1n) is 9.26. The van der Waals surface area contributed by atoms with Gasteiger partial charge in [-0.05, 0) is 19.8 Å². The van der Waals surface area contributed by atoms with Crippen LogP contribution in [0.2, 0.25) is 0 Å². The minimum absolute atomic E-state index is 0.344. The van der Waals surface area contributed by atoms with E-state index in [0.717, 1.165) is 12.8 Å². The van der Waals surface area contributed by atoms with Gasteiger partial charge in [0.1, 0.15) is 12.2 Å². The smallest absolute Gasteiger partial charge is 0.336 e. The topological polar surface area (TPSA) is 46.5 Å². The van der Waals surface area contributed by atoms with Crippen LogP contribution >= 0.6 is 0 Å². The number of hydrogen-bond donors (Lipinski definition) is 1. The third-order valence-electron chi connectivity index (χ3n) is 4.46. The van der Waals surface area contributed by atoms with Crippen LogP contribution in [0.15, 0.2) is 11.6 Å². The highest BCUT2D eigenvalue weighted by Gasteiger charge is 2.34. The minimum Gasteiger partial charge on any atom is -0.456 e. The third kappa shape index (κ3) is 7.44. The number of carbonyl (C=O) groups is 1. The standard InChI is InChI=1S/C19H34O3/c1-3-4-5-6-7-8-9-10-11-12-13-14-15-17-18(20)16(2)22-19(17)21/h15-16,18,20H,3-14H2,1-2H3/t16-,18+/m0/s1. The van der Waals surface area contributed by atoms with Gasteiger partial charge in [0, 0.05) is 0 Å². The molecule has 22 heavy (non-hydrogen) atoms. The second kappa shape index (κ2) is 11.7. The lowest BCUT2D eigenvalue weighted by molar-refractivity contribution is -0.138. The molecule has 1 N–H and O–H groups in total. The number of aliphatic hydroxyl groups is 1. The van der Waals surface area contributed by atoms with Crippen LogP contribution in [0.1, 0.15) is 90.9 Å². The summed E-state index contributed by atoms with van der Waals surface area (Å²) >= 11 is 0. The molecule has 1 saturated heterocycles. The fraction of sp³-hybridized carbons (Fsp3) is 0.842. The number of cyclic esters (lactones) is 1. The monoisotopic (exact) mass is 310 g/mol. The van der Waals surface area contributed by atoms with Crippen LogP contribution < -0.4 is 0 Å². The van der Waals surface area contributed by atoms with Crippen molar-refractivity contribution in [3.05, 3.63) is 11.6 Å². The maximum absolute atomic E-state index is 11.5. The van der Waals surface area contributed by atoms with Gasteiger partial charge in [0.05, 0.1) is 5.57 Å². The van der Waals surface area contributed by atoms with Crippen molar-refractivity contribution in [2.75, 3.05) is 0 Å². The number of rotatable bonds is 12. The van der Waals surface area contributed by atoms with Crippen molar-refractivity contribution in [2.45, 2.75) is 103 Å². The largest absolute Gasteiger partial charge is 0.456 e. The molecule has 0 aromatic heterocycles. The molecule has 1 fully saturated rings. The molecule has 0 aromatic rings. The highest BCUT2D eigenvalue weighted by Crippen LogP contribution is 2.22. The summed E-state index contributed by atoms with van der Waals surface area (Å²) in [6.07, 6.45) is 16.1. The lowest BCUT2D eigenvalue weighted by atomic mass is 10.0. The number of esters is 1. The average molecular weight is 310 g/mol. The van der Waals surface area contributed by atoms with Gasteiger partial charge >= 0.3 is 5.97 Å². The first kappa shape index (κ1) is 19.2. The van der Waals surface area contributed by atoms with E-state index in [9.17, 15) is 9.90 Å². The Hall–Kier alpha value is -0.830. The van der Waals surface area contributed by atoms with Crippen LogP contribution in [0.5, 0.6) is 0 Å². The number of allylic oxidation sites excluding steroid dienone is 1. The molecule has 0 aliphatic carbocycles. The van der Waals surface area contributed by atoms with Crippen molar-refractivity contribution in [1.82, 2.24) is 0 Å². The first-order valence-corrected chi connectivity index (χ1v) is 9.26. The summed E-state index contributed by atoms with van der Waals surface area (Å²) in [5, 5.41) is 9.79. The summed E-state index contributed by atoms with van der Waals surface area (Å²) in [4.78, 5) is 11.5. The molecule has 1 rings (SSSR count). The van der Waals surface area contributed by atoms with E-state index in [1.54, 1.807) is 6.92 Å². The average Bonchev–Trinajstić information content (AvgIpc) is 2.74. The molecule has 0 unspecified atom stereocenters. The van der Waals surface area contributed by atoms with E-state index >= 15 is 0 Å². The van der Waals surface area contributed by atoms with E-state index in [-0.39, 0.29) is 5.97 Å². The van der Waals surface area contributed by atoms with E-state index in [0.29, 0.717) is 5.57 Å². The first-order chi connectivity index (χ1) is 10.7. The van der Waals surface area contributed by atoms with Crippen molar-refractivity contribution < 1.29 is 14.6 Å². The molecular weight excluding hydrogens is 276 g/mol. The maximum Gasteiger partial charge on any atom is 0.336 e. The molecule has 2 atom stereocenters. The minimum atomic E-state index is -0.736. The summed E-state index contributed by atoms with van der Waals surface area (Å²) in [5.74, 6) is -0.344. The Kier molecular flexibility index (Phi) is 10.2. The zero-order valence-electron chi connectivity index (χ0n) is 14.5. The van der Waals surface area contributed by atoms with E-state index in [1.165, 1.54) is 64.2 Å². The molecule has 1 aliphatic heterocycles. The molecule has 128 valence electrons. The second-order valence-electron chi connectivity index (χ2n) is 6.54. The molecule has 1 aliphatic rings. The molecule has 0 saturated carbocycles. The fourth-order valence-corrected chi connectivity index (χ4v) is 2.95. The molecule has 1 heterocycles. The summed E-state index contributed by atoms with van der Waals surface area (Å²) < 4.78 is 4.99. The van der Waals surface area contributed by atoms with Crippen LogP contribution in [0.25, 0.3) is 0 Å². The highest BCUT2D eigenvalue weighted by molar-refractivity contribution is 5.92. The lowest BCUT2D eigenvalue weighted by Crippen LogP contribution is -2.17. The van der Waals surface area contributed by atoms with Gasteiger partial charge in [-0.1, -0.05) is 77.2 Å². The van der Waals surface area contributed by atoms with E-state index in [4.69, 9.17) is 4.74 Å². The molecule has 0 aromatic carbocycles. The fourth-order valence-electron chi connectivity index (χ4n) is 2.95. The highest BCUT2D eigenvalue weighted by atomic mass is 16.6. The van der Waals surface area contributed by atoms with E-state index < -0.39 is 12.2 Å². The predicted molar refractivity (Wildman–Crippen MR) is 90.7 cm³/mol. The molecule has 3 nitrogen and oxygen atoms in total. The molecule has 0 spiro atoms. The number of hydrogen-bond acceptors (Lipinski definition) is 3. The van der Waals surface area contributed by atoms with Gasteiger partial charge < -0.3 is 9.84 Å². The van der Waals surface area contributed by atoms with Gasteiger partial charge in [0.2, 0.25) is 0 Å². The molecule has 3 heteroatoms. The Morgan fingerprint density at radius 3 is 1.91 bits per heavy atom. The SMILES string of the molecule is CCCCCCCCCCCCCC=C1C(=O)O[C@@H](C)[C@H]1O. The summed E-state index contributed by atoms with van der Waals surface area (Å²) in [7, 11) is 0. The van der Waals surface area contributed by atoms with Gasteiger partial charge in [-0.15, -0.1) is 0 Å². The number of aliphatic hydroxyl groups excluding tert-OH is 1. The van der Waals surface area contributed by atoms with Crippen molar-refractivity contribution in [3.63, 3.8) is 0 Å². The lowest BCUT2D eigenvalue weighted by Gasteiger charge is -2.04. The van der Waals surface area contributed by atoms with Crippen molar-refractivity contribution >= 4 is 5.97 Å². The van der Waals surface area contributed by atoms with Gasteiger partial charge in [-0.3, -0.25) is 0 Å². The number of unbranched alkanes of at least 4 members (excludes halogenated alkanes) is 11. The Bertz CT molecular complexity index is 336. The number of ether oxygens (including phenoxy) is 1. The zero-order chi connectivity index (χ0) is 16.2. The summed E-state index contributed by atoms with van der Waals surface area (Å²) in [6, 6.07) is 0. The van der Waals surface area contributed by atoms with Gasteiger partial charge in [0.15, 0.2) is 0 Å². The van der Waals surface area contributed by atoms with Crippen molar-refractivity contribution in [2.24, 2.45) is 0 Å². The third-order valence-corrected chi connectivity index (χ3v) is 4.46. The predicted octanol–water partition coefficient (Wildman–Crippen LogP) is 4.92. The van der Waals surface area contributed by atoms with Crippen LogP contribution in [0, 0.1) is 0 Å². The molecular formula is C19H34O3. The van der Waals surface area contributed by atoms with Crippen molar-refractivity contribution in [1.29, 1.82) is 0 Å². The molecule has 0 radical (unpaired) electrons. The summed E-state index contributed by atoms with van der Waals surface area (Å²) in [5.41, 5.74) is 0.458. The van der Waals surface area contributed by atoms with Gasteiger partial charge in [0.25, 0.3) is 0 Å². The Balaban J connectivity index is 1.93. The normalized spacial score (nSPS) is 23.2. The van der Waals surface area contributed by atoms with E-state index in [1.807, 2.05) is 6.08 Å². The maximum atomic E-state index is 11.5. The quantitative estimate of drug-likeness (QED) is 0.316. The Morgan fingerprint density at radius 1 is 0.955 bits per heavy atom.